The molecule has 3 atom stereocenters. The van der Waals surface area contributed by atoms with Gasteiger partial charge in [-0.15, -0.1) is 0 Å². The normalized spacial score (nSPS) is 34.0. The molecule has 5 heteroatoms. The average molecular weight is 333 g/mol. The van der Waals surface area contributed by atoms with Crippen LogP contribution < -0.4 is 0 Å². The summed E-state index contributed by atoms with van der Waals surface area (Å²) in [5, 5.41) is 10.4. The first-order valence-corrected chi connectivity index (χ1v) is 8.28. The fraction of sp³-hybridized carbons (Fsp3) is 0.692. The van der Waals surface area contributed by atoms with Crippen LogP contribution in [0.3, 0.4) is 0 Å². The van der Waals surface area contributed by atoms with Gasteiger partial charge in [0.25, 0.3) is 0 Å². The molecule has 0 saturated carbocycles. The van der Waals surface area contributed by atoms with E-state index in [-0.39, 0.29) is 11.5 Å². The molecule has 100 valence electrons. The zero-order chi connectivity index (χ0) is 12.6. The summed E-state index contributed by atoms with van der Waals surface area (Å²) in [7, 11) is 0. The van der Waals surface area contributed by atoms with Crippen molar-refractivity contribution in [2.75, 3.05) is 18.1 Å². The second-order valence-corrected chi connectivity index (χ2v) is 7.06. The van der Waals surface area contributed by atoms with Crippen LogP contribution in [0.2, 0.25) is 0 Å². The zero-order valence-corrected chi connectivity index (χ0v) is 12.5. The van der Waals surface area contributed by atoms with E-state index in [1.165, 1.54) is 5.75 Å². The maximum absolute atomic E-state index is 10.4. The van der Waals surface area contributed by atoms with Crippen LogP contribution in [0.15, 0.2) is 21.2 Å². The molecule has 2 aliphatic rings. The SMILES string of the molecule is OC(c1ccc(Br)o1)C1CCOC2(CCSC2)C1. The van der Waals surface area contributed by atoms with E-state index < -0.39 is 6.10 Å². The van der Waals surface area contributed by atoms with Crippen LogP contribution >= 0.6 is 27.7 Å². The summed E-state index contributed by atoms with van der Waals surface area (Å²) in [5.74, 6) is 3.15. The Morgan fingerprint density at radius 1 is 1.50 bits per heavy atom. The summed E-state index contributed by atoms with van der Waals surface area (Å²) in [6, 6.07) is 3.68. The first kappa shape index (κ1) is 13.0. The smallest absolute Gasteiger partial charge is 0.169 e. The average Bonchev–Trinajstić information content (AvgIpc) is 2.98. The molecule has 3 rings (SSSR count). The van der Waals surface area contributed by atoms with Crippen LogP contribution in [-0.4, -0.2) is 28.8 Å². The lowest BCUT2D eigenvalue weighted by Gasteiger charge is -2.39. The van der Waals surface area contributed by atoms with Crippen molar-refractivity contribution in [2.24, 2.45) is 5.92 Å². The van der Waals surface area contributed by atoms with Gasteiger partial charge in [-0.05, 0) is 59.0 Å². The number of hydrogen-bond acceptors (Lipinski definition) is 4. The minimum Gasteiger partial charge on any atom is -0.452 e. The summed E-state index contributed by atoms with van der Waals surface area (Å²) >= 11 is 5.23. The number of hydrogen-bond donors (Lipinski definition) is 1. The first-order valence-electron chi connectivity index (χ1n) is 6.34. The Morgan fingerprint density at radius 3 is 3.06 bits per heavy atom. The van der Waals surface area contributed by atoms with Crippen molar-refractivity contribution in [3.63, 3.8) is 0 Å². The molecule has 3 nitrogen and oxygen atoms in total. The molecule has 0 radical (unpaired) electrons. The standard InChI is InChI=1S/C13H17BrO3S/c14-11-2-1-10(17-11)12(15)9-3-5-16-13(7-9)4-6-18-8-13/h1-2,9,12,15H,3-8H2. The third kappa shape index (κ3) is 2.50. The molecular formula is C13H17BrO3S. The Balaban J connectivity index is 1.72. The molecular weight excluding hydrogens is 316 g/mol. The second kappa shape index (κ2) is 5.19. The molecule has 0 aliphatic carbocycles. The van der Waals surface area contributed by atoms with Crippen molar-refractivity contribution >= 4 is 27.7 Å². The van der Waals surface area contributed by atoms with Gasteiger partial charge in [0.1, 0.15) is 11.9 Å². The predicted molar refractivity (Wildman–Crippen MR) is 74.7 cm³/mol. The molecule has 2 saturated heterocycles. The minimum absolute atomic E-state index is 0.0123. The van der Waals surface area contributed by atoms with Gasteiger partial charge in [0, 0.05) is 12.4 Å². The van der Waals surface area contributed by atoms with Crippen LogP contribution in [0.25, 0.3) is 0 Å². The Labute approximate surface area is 119 Å². The molecule has 1 aromatic heterocycles. The quantitative estimate of drug-likeness (QED) is 0.901. The van der Waals surface area contributed by atoms with E-state index in [1.54, 1.807) is 0 Å². The van der Waals surface area contributed by atoms with Crippen molar-refractivity contribution in [3.05, 3.63) is 22.6 Å². The van der Waals surface area contributed by atoms with Crippen LogP contribution in [0.4, 0.5) is 0 Å². The molecule has 3 heterocycles. The number of thioether (sulfide) groups is 1. The van der Waals surface area contributed by atoms with Crippen LogP contribution in [0, 0.1) is 5.92 Å². The van der Waals surface area contributed by atoms with Crippen molar-refractivity contribution < 1.29 is 14.3 Å². The Bertz CT molecular complexity index is 414. The summed E-state index contributed by atoms with van der Waals surface area (Å²) in [4.78, 5) is 0. The lowest BCUT2D eigenvalue weighted by atomic mass is 9.81. The highest BCUT2D eigenvalue weighted by Crippen LogP contribution is 2.44. The van der Waals surface area contributed by atoms with Gasteiger partial charge in [-0.2, -0.15) is 11.8 Å². The monoisotopic (exact) mass is 332 g/mol. The van der Waals surface area contributed by atoms with Gasteiger partial charge in [-0.1, -0.05) is 0 Å². The Kier molecular flexibility index (Phi) is 3.76. The molecule has 1 aromatic rings. The molecule has 18 heavy (non-hydrogen) atoms. The third-order valence-electron chi connectivity index (χ3n) is 3.93. The fourth-order valence-electron chi connectivity index (χ4n) is 2.92. The van der Waals surface area contributed by atoms with Crippen molar-refractivity contribution in [3.8, 4) is 0 Å². The maximum Gasteiger partial charge on any atom is 0.169 e. The summed E-state index contributed by atoms with van der Waals surface area (Å²) in [5.41, 5.74) is 0.0123. The Morgan fingerprint density at radius 2 is 2.39 bits per heavy atom. The number of ether oxygens (including phenoxy) is 1. The molecule has 2 fully saturated rings. The van der Waals surface area contributed by atoms with E-state index >= 15 is 0 Å². The van der Waals surface area contributed by atoms with Gasteiger partial charge in [0.15, 0.2) is 4.67 Å². The van der Waals surface area contributed by atoms with Gasteiger partial charge >= 0.3 is 0 Å². The lowest BCUT2D eigenvalue weighted by molar-refractivity contribution is -0.104. The largest absolute Gasteiger partial charge is 0.452 e. The molecule has 0 aromatic carbocycles. The van der Waals surface area contributed by atoms with Gasteiger partial charge in [-0.25, -0.2) is 0 Å². The molecule has 1 spiro atoms. The molecule has 2 aliphatic heterocycles. The summed E-state index contributed by atoms with van der Waals surface area (Å²) in [6.07, 6.45) is 2.45. The van der Waals surface area contributed by atoms with E-state index in [1.807, 2.05) is 23.9 Å². The molecule has 0 bridgehead atoms. The zero-order valence-electron chi connectivity index (χ0n) is 10.1. The Hall–Kier alpha value is 0.0300. The number of rotatable bonds is 2. The maximum atomic E-state index is 10.4. The highest BCUT2D eigenvalue weighted by Gasteiger charge is 2.42. The number of aliphatic hydroxyl groups is 1. The van der Waals surface area contributed by atoms with Gasteiger partial charge in [0.05, 0.1) is 5.60 Å². The van der Waals surface area contributed by atoms with Gasteiger partial charge < -0.3 is 14.3 Å². The third-order valence-corrected chi connectivity index (χ3v) is 5.58. The molecule has 0 amide bonds. The molecule has 1 N–H and O–H groups in total. The molecule has 3 unspecified atom stereocenters. The van der Waals surface area contributed by atoms with Crippen molar-refractivity contribution in [1.29, 1.82) is 0 Å². The summed E-state index contributed by atoms with van der Waals surface area (Å²) < 4.78 is 12.1. The predicted octanol–water partition coefficient (Wildman–Crippen LogP) is 3.38. The highest BCUT2D eigenvalue weighted by molar-refractivity contribution is 9.10. The summed E-state index contributed by atoms with van der Waals surface area (Å²) in [6.45, 7) is 0.754. The fourth-order valence-corrected chi connectivity index (χ4v) is 4.62. The minimum atomic E-state index is -0.511. The second-order valence-electron chi connectivity index (χ2n) is 5.17. The van der Waals surface area contributed by atoms with Crippen molar-refractivity contribution in [1.82, 2.24) is 0 Å². The first-order chi connectivity index (χ1) is 8.69. The van der Waals surface area contributed by atoms with Crippen LogP contribution in [0.1, 0.15) is 31.1 Å². The van der Waals surface area contributed by atoms with Gasteiger partial charge in [0.2, 0.25) is 0 Å². The van der Waals surface area contributed by atoms with E-state index in [4.69, 9.17) is 9.15 Å². The van der Waals surface area contributed by atoms with Crippen molar-refractivity contribution in [2.45, 2.75) is 31.0 Å². The van der Waals surface area contributed by atoms with E-state index in [0.29, 0.717) is 10.4 Å². The van der Waals surface area contributed by atoms with Crippen LogP contribution in [-0.2, 0) is 4.74 Å². The van der Waals surface area contributed by atoms with Gasteiger partial charge in [-0.3, -0.25) is 0 Å². The number of aliphatic hydroxyl groups excluding tert-OH is 1. The van der Waals surface area contributed by atoms with E-state index in [0.717, 1.165) is 31.6 Å². The van der Waals surface area contributed by atoms with E-state index in [2.05, 4.69) is 15.9 Å². The number of halogens is 1. The lowest BCUT2D eigenvalue weighted by Crippen LogP contribution is -2.41. The topological polar surface area (TPSA) is 42.6 Å². The number of furan rings is 1. The van der Waals surface area contributed by atoms with E-state index in [9.17, 15) is 5.11 Å². The highest BCUT2D eigenvalue weighted by atomic mass is 79.9. The van der Waals surface area contributed by atoms with Crippen LogP contribution in [0.5, 0.6) is 0 Å².